The van der Waals surface area contributed by atoms with Gasteiger partial charge in [0.25, 0.3) is 0 Å². The molecular weight excluding hydrogens is 284 g/mol. The third-order valence-electron chi connectivity index (χ3n) is 3.17. The molecule has 1 aromatic heterocycles. The number of hydrogen-bond acceptors (Lipinski definition) is 1. The number of nitrogens with one attached hydrogen (secondary N) is 1. The van der Waals surface area contributed by atoms with Crippen molar-refractivity contribution >= 4 is 28.8 Å². The summed E-state index contributed by atoms with van der Waals surface area (Å²) in [5.41, 5.74) is 1.16. The number of carbonyl (C=O) groups is 1. The number of rotatable bonds is 2. The highest BCUT2D eigenvalue weighted by Gasteiger charge is 2.18. The van der Waals surface area contributed by atoms with Gasteiger partial charge >= 0.3 is 0 Å². The first-order valence-electron chi connectivity index (χ1n) is 5.83. The van der Waals surface area contributed by atoms with Gasteiger partial charge in [0, 0.05) is 21.5 Å². The summed E-state index contributed by atoms with van der Waals surface area (Å²) in [5, 5.41) is 0.747. The summed E-state index contributed by atoms with van der Waals surface area (Å²) < 4.78 is 27.1. The number of aromatic amines is 1. The first kappa shape index (κ1) is 12.8. The van der Waals surface area contributed by atoms with Crippen molar-refractivity contribution in [1.82, 2.24) is 4.98 Å². The molecule has 2 aromatic carbocycles. The molecule has 0 aliphatic heterocycles. The molecule has 3 rings (SSSR count). The SMILES string of the molecule is O=Cc1c(-c2ccccc2Cl)[nH]c2c(F)c(F)ccc12. The van der Waals surface area contributed by atoms with E-state index in [-0.39, 0.29) is 11.1 Å². The van der Waals surface area contributed by atoms with Crippen LogP contribution in [-0.2, 0) is 0 Å². The van der Waals surface area contributed by atoms with Crippen molar-refractivity contribution in [3.8, 4) is 11.3 Å². The van der Waals surface area contributed by atoms with Gasteiger partial charge in [0.15, 0.2) is 17.9 Å². The lowest BCUT2D eigenvalue weighted by molar-refractivity contribution is 0.112. The van der Waals surface area contributed by atoms with Crippen LogP contribution in [0.2, 0.25) is 5.02 Å². The van der Waals surface area contributed by atoms with E-state index in [0.717, 1.165) is 6.07 Å². The quantitative estimate of drug-likeness (QED) is 0.689. The van der Waals surface area contributed by atoms with Gasteiger partial charge in [-0.1, -0.05) is 29.8 Å². The Kier molecular flexibility index (Phi) is 3.03. The van der Waals surface area contributed by atoms with Crippen molar-refractivity contribution in [1.29, 1.82) is 0 Å². The van der Waals surface area contributed by atoms with Crippen molar-refractivity contribution in [2.75, 3.05) is 0 Å². The van der Waals surface area contributed by atoms with Crippen LogP contribution in [0.25, 0.3) is 22.2 Å². The molecule has 0 saturated carbocycles. The van der Waals surface area contributed by atoms with Crippen LogP contribution in [0.5, 0.6) is 0 Å². The van der Waals surface area contributed by atoms with E-state index in [1.165, 1.54) is 6.07 Å². The Morgan fingerprint density at radius 1 is 1.10 bits per heavy atom. The average Bonchev–Trinajstić information content (AvgIpc) is 2.82. The van der Waals surface area contributed by atoms with Crippen molar-refractivity contribution < 1.29 is 13.6 Å². The van der Waals surface area contributed by atoms with E-state index in [9.17, 15) is 13.6 Å². The minimum absolute atomic E-state index is 0.0398. The Labute approximate surface area is 118 Å². The number of H-pyrrole nitrogens is 1. The summed E-state index contributed by atoms with van der Waals surface area (Å²) in [6, 6.07) is 9.22. The number of benzene rings is 2. The van der Waals surface area contributed by atoms with Gasteiger partial charge in [-0.05, 0) is 18.2 Å². The summed E-state index contributed by atoms with van der Waals surface area (Å²) in [6.07, 6.45) is 0.606. The predicted molar refractivity (Wildman–Crippen MR) is 74.0 cm³/mol. The predicted octanol–water partition coefficient (Wildman–Crippen LogP) is 4.58. The molecular formula is C15H8ClF2NO. The fourth-order valence-electron chi connectivity index (χ4n) is 2.22. The molecule has 0 saturated heterocycles. The average molecular weight is 292 g/mol. The highest BCUT2D eigenvalue weighted by atomic mass is 35.5. The molecule has 0 atom stereocenters. The van der Waals surface area contributed by atoms with Gasteiger partial charge in [0.05, 0.1) is 11.2 Å². The standard InChI is InChI=1S/C15H8ClF2NO/c16-11-4-2-1-3-9(11)14-10(7-20)8-5-6-12(17)13(18)15(8)19-14/h1-7,19H. The van der Waals surface area contributed by atoms with Gasteiger partial charge in [-0.25, -0.2) is 8.78 Å². The third kappa shape index (κ3) is 1.80. The first-order chi connectivity index (χ1) is 9.63. The van der Waals surface area contributed by atoms with Gasteiger partial charge in [-0.3, -0.25) is 4.79 Å². The maximum Gasteiger partial charge on any atom is 0.182 e. The fourth-order valence-corrected chi connectivity index (χ4v) is 2.45. The molecule has 0 amide bonds. The molecule has 0 unspecified atom stereocenters. The number of hydrogen-bond donors (Lipinski definition) is 1. The topological polar surface area (TPSA) is 32.9 Å². The van der Waals surface area contributed by atoms with Crippen LogP contribution in [0.3, 0.4) is 0 Å². The molecule has 0 aliphatic carbocycles. The van der Waals surface area contributed by atoms with Crippen LogP contribution >= 0.6 is 11.6 Å². The molecule has 0 bridgehead atoms. The molecule has 3 aromatic rings. The van der Waals surface area contributed by atoms with Crippen molar-refractivity contribution in [3.63, 3.8) is 0 Å². The molecule has 5 heteroatoms. The monoisotopic (exact) mass is 291 g/mol. The number of fused-ring (bicyclic) bond motifs is 1. The van der Waals surface area contributed by atoms with Crippen LogP contribution in [0, 0.1) is 11.6 Å². The fraction of sp³-hybridized carbons (Fsp3) is 0. The van der Waals surface area contributed by atoms with Gasteiger partial charge in [-0.15, -0.1) is 0 Å². The summed E-state index contributed by atoms with van der Waals surface area (Å²) in [5.74, 6) is -1.98. The Balaban J connectivity index is 2.40. The van der Waals surface area contributed by atoms with E-state index >= 15 is 0 Å². The second-order valence-electron chi connectivity index (χ2n) is 4.30. The minimum Gasteiger partial charge on any atom is -0.351 e. The highest BCUT2D eigenvalue weighted by molar-refractivity contribution is 6.33. The zero-order valence-electron chi connectivity index (χ0n) is 10.1. The largest absolute Gasteiger partial charge is 0.351 e. The molecule has 1 N–H and O–H groups in total. The summed E-state index contributed by atoms with van der Waals surface area (Å²) in [6.45, 7) is 0. The van der Waals surface area contributed by atoms with Crippen molar-refractivity contribution in [3.05, 3.63) is 58.6 Å². The van der Waals surface area contributed by atoms with E-state index in [0.29, 0.717) is 28.0 Å². The second-order valence-corrected chi connectivity index (χ2v) is 4.70. The van der Waals surface area contributed by atoms with Crippen LogP contribution < -0.4 is 0 Å². The maximum atomic E-state index is 13.8. The van der Waals surface area contributed by atoms with Gasteiger partial charge in [-0.2, -0.15) is 0 Å². The lowest BCUT2D eigenvalue weighted by atomic mass is 10.1. The van der Waals surface area contributed by atoms with E-state index in [2.05, 4.69) is 4.98 Å². The summed E-state index contributed by atoms with van der Waals surface area (Å²) in [4.78, 5) is 14.1. The van der Waals surface area contributed by atoms with Gasteiger partial charge in [0.2, 0.25) is 0 Å². The number of aromatic nitrogens is 1. The van der Waals surface area contributed by atoms with Crippen LogP contribution in [0.15, 0.2) is 36.4 Å². The maximum absolute atomic E-state index is 13.8. The normalized spacial score (nSPS) is 10.9. The lowest BCUT2D eigenvalue weighted by Gasteiger charge is -2.02. The Morgan fingerprint density at radius 2 is 1.85 bits per heavy atom. The van der Waals surface area contributed by atoms with Crippen LogP contribution in [0.1, 0.15) is 10.4 Å². The van der Waals surface area contributed by atoms with Crippen molar-refractivity contribution in [2.24, 2.45) is 0 Å². The number of halogens is 3. The highest BCUT2D eigenvalue weighted by Crippen LogP contribution is 2.34. The summed E-state index contributed by atoms with van der Waals surface area (Å²) >= 11 is 6.08. The third-order valence-corrected chi connectivity index (χ3v) is 3.49. The molecule has 0 radical (unpaired) electrons. The summed E-state index contributed by atoms with van der Waals surface area (Å²) in [7, 11) is 0. The number of carbonyl (C=O) groups excluding carboxylic acids is 1. The van der Waals surface area contributed by atoms with E-state index in [1.54, 1.807) is 24.3 Å². The Hall–Kier alpha value is -2.20. The van der Waals surface area contributed by atoms with Crippen LogP contribution in [-0.4, -0.2) is 11.3 Å². The molecule has 100 valence electrons. The molecule has 2 nitrogen and oxygen atoms in total. The zero-order valence-corrected chi connectivity index (χ0v) is 10.8. The van der Waals surface area contributed by atoms with Gasteiger partial charge in [0.1, 0.15) is 0 Å². The number of aldehydes is 1. The molecule has 1 heterocycles. The van der Waals surface area contributed by atoms with Crippen LogP contribution in [0.4, 0.5) is 8.78 Å². The Morgan fingerprint density at radius 3 is 2.55 bits per heavy atom. The lowest BCUT2D eigenvalue weighted by Crippen LogP contribution is -1.85. The van der Waals surface area contributed by atoms with E-state index in [1.807, 2.05) is 0 Å². The van der Waals surface area contributed by atoms with Gasteiger partial charge < -0.3 is 4.98 Å². The Bertz CT molecular complexity index is 826. The molecule has 20 heavy (non-hydrogen) atoms. The van der Waals surface area contributed by atoms with E-state index < -0.39 is 11.6 Å². The molecule has 0 spiro atoms. The second kappa shape index (κ2) is 4.72. The first-order valence-corrected chi connectivity index (χ1v) is 6.21. The molecule has 0 aliphatic rings. The van der Waals surface area contributed by atoms with E-state index in [4.69, 9.17) is 11.6 Å². The zero-order chi connectivity index (χ0) is 14.3. The minimum atomic E-state index is -1.01. The molecule has 0 fully saturated rings. The van der Waals surface area contributed by atoms with Crippen molar-refractivity contribution in [2.45, 2.75) is 0 Å². The smallest absolute Gasteiger partial charge is 0.182 e.